The molecule has 0 radical (unpaired) electrons. The van der Waals surface area contributed by atoms with Crippen LogP contribution in [0.3, 0.4) is 0 Å². The number of nitrogens with one attached hydrogen (secondary N) is 1. The smallest absolute Gasteiger partial charge is 0.254 e. The molecular weight excluding hydrogens is 478 g/mol. The molecular formula is C28H32ClN3O4. The van der Waals surface area contributed by atoms with Crippen molar-refractivity contribution >= 4 is 29.3 Å². The summed E-state index contributed by atoms with van der Waals surface area (Å²) in [6, 6.07) is 13.7. The number of carbonyl (C=O) groups is 3. The molecule has 0 aromatic heterocycles. The van der Waals surface area contributed by atoms with Gasteiger partial charge in [0.05, 0.1) is 19.1 Å². The van der Waals surface area contributed by atoms with E-state index in [0.29, 0.717) is 44.0 Å². The summed E-state index contributed by atoms with van der Waals surface area (Å²) in [6.07, 6.45) is 3.93. The number of hydrogen-bond donors (Lipinski definition) is 1. The fraction of sp³-hybridized carbons (Fsp3) is 0.464. The highest BCUT2D eigenvalue weighted by Crippen LogP contribution is 2.34. The van der Waals surface area contributed by atoms with E-state index in [-0.39, 0.29) is 23.6 Å². The Kier molecular flexibility index (Phi) is 7.58. The molecule has 2 aromatic rings. The number of hydrogen-bond acceptors (Lipinski definition) is 5. The minimum absolute atomic E-state index is 0.0819. The Morgan fingerprint density at radius 1 is 1.00 bits per heavy atom. The molecule has 8 heteroatoms. The van der Waals surface area contributed by atoms with Gasteiger partial charge in [-0.15, -0.1) is 0 Å². The molecule has 2 aromatic carbocycles. The average Bonchev–Trinajstić information content (AvgIpc) is 3.20. The zero-order chi connectivity index (χ0) is 25.1. The molecule has 3 heterocycles. The van der Waals surface area contributed by atoms with Gasteiger partial charge in [-0.05, 0) is 68.5 Å². The Morgan fingerprint density at radius 2 is 1.81 bits per heavy atom. The Hall–Kier alpha value is -2.90. The minimum Gasteiger partial charge on any atom is -0.493 e. The van der Waals surface area contributed by atoms with Crippen LogP contribution in [-0.2, 0) is 16.1 Å². The van der Waals surface area contributed by atoms with E-state index in [9.17, 15) is 14.4 Å². The van der Waals surface area contributed by atoms with Gasteiger partial charge in [-0.25, -0.2) is 0 Å². The third kappa shape index (κ3) is 5.42. The third-order valence-electron chi connectivity index (χ3n) is 7.60. The fourth-order valence-electron chi connectivity index (χ4n) is 5.57. The molecule has 0 bridgehead atoms. The maximum absolute atomic E-state index is 12.9. The number of benzene rings is 2. The average molecular weight is 510 g/mol. The van der Waals surface area contributed by atoms with Crippen molar-refractivity contribution in [2.75, 3.05) is 32.8 Å². The van der Waals surface area contributed by atoms with Crippen LogP contribution in [0, 0.1) is 5.92 Å². The lowest BCUT2D eigenvalue weighted by Crippen LogP contribution is -2.45. The van der Waals surface area contributed by atoms with Gasteiger partial charge in [0.25, 0.3) is 5.91 Å². The van der Waals surface area contributed by atoms with Crippen molar-refractivity contribution in [3.8, 4) is 5.75 Å². The van der Waals surface area contributed by atoms with E-state index in [1.807, 2.05) is 30.3 Å². The second-order valence-corrected chi connectivity index (χ2v) is 10.4. The molecule has 36 heavy (non-hydrogen) atoms. The molecule has 1 N–H and O–H groups in total. The molecule has 2 fully saturated rings. The number of fused-ring (bicyclic) bond motifs is 1. The van der Waals surface area contributed by atoms with E-state index < -0.39 is 0 Å². The van der Waals surface area contributed by atoms with Crippen LogP contribution in [0.15, 0.2) is 42.5 Å². The first-order valence-corrected chi connectivity index (χ1v) is 13.2. The summed E-state index contributed by atoms with van der Waals surface area (Å²) in [6.45, 7) is 4.42. The van der Waals surface area contributed by atoms with Gasteiger partial charge in [0.2, 0.25) is 11.8 Å². The Balaban J connectivity index is 1.09. The largest absolute Gasteiger partial charge is 0.493 e. The highest BCUT2D eigenvalue weighted by Gasteiger charge is 2.35. The molecule has 2 saturated heterocycles. The van der Waals surface area contributed by atoms with E-state index in [2.05, 4.69) is 22.3 Å². The predicted octanol–water partition coefficient (Wildman–Crippen LogP) is 4.00. The maximum atomic E-state index is 12.9. The number of ether oxygens (including phenoxy) is 1. The Bertz CT molecular complexity index is 1150. The molecule has 3 aliphatic heterocycles. The monoisotopic (exact) mass is 509 g/mol. The van der Waals surface area contributed by atoms with Crippen LogP contribution in [0.5, 0.6) is 5.75 Å². The predicted molar refractivity (Wildman–Crippen MR) is 137 cm³/mol. The molecule has 0 unspecified atom stereocenters. The summed E-state index contributed by atoms with van der Waals surface area (Å²) in [5, 5.41) is 3.24. The summed E-state index contributed by atoms with van der Waals surface area (Å²) in [5.74, 6) is 0.298. The summed E-state index contributed by atoms with van der Waals surface area (Å²) >= 11 is 6.39. The minimum atomic E-state index is -0.354. The molecule has 0 aliphatic carbocycles. The standard InChI is InChI=1S/C28H32ClN3O4/c29-24-7-2-1-5-21(24)19-11-14-31(15-12-19)13-4-16-36-25-8-3-6-22-23(25)18-32(28(22)35)17-20-9-10-26(33)30-27(20)34/h1-3,5-8,19-20H,4,9-18H2,(H,30,33,34)/t20-/m0/s1. The highest BCUT2D eigenvalue weighted by atomic mass is 35.5. The number of amides is 3. The van der Waals surface area contributed by atoms with Crippen molar-refractivity contribution in [3.05, 3.63) is 64.2 Å². The topological polar surface area (TPSA) is 79.0 Å². The van der Waals surface area contributed by atoms with Crippen LogP contribution in [-0.4, -0.2) is 60.3 Å². The zero-order valence-corrected chi connectivity index (χ0v) is 21.1. The van der Waals surface area contributed by atoms with Crippen molar-refractivity contribution in [2.45, 2.75) is 44.6 Å². The van der Waals surface area contributed by atoms with Crippen molar-refractivity contribution < 1.29 is 19.1 Å². The van der Waals surface area contributed by atoms with E-state index >= 15 is 0 Å². The molecule has 7 nitrogen and oxygen atoms in total. The van der Waals surface area contributed by atoms with Crippen LogP contribution < -0.4 is 10.1 Å². The first kappa shape index (κ1) is 24.8. The van der Waals surface area contributed by atoms with Gasteiger partial charge >= 0.3 is 0 Å². The first-order valence-electron chi connectivity index (χ1n) is 12.8. The number of halogens is 1. The van der Waals surface area contributed by atoms with Crippen LogP contribution in [0.25, 0.3) is 0 Å². The van der Waals surface area contributed by atoms with Gasteiger partial charge in [-0.1, -0.05) is 35.9 Å². The van der Waals surface area contributed by atoms with Crippen LogP contribution in [0.1, 0.15) is 59.5 Å². The normalized spacial score (nSPS) is 21.0. The summed E-state index contributed by atoms with van der Waals surface area (Å²) in [7, 11) is 0. The van der Waals surface area contributed by atoms with Gasteiger partial charge in [0.15, 0.2) is 0 Å². The molecule has 0 saturated carbocycles. The van der Waals surface area contributed by atoms with Gasteiger partial charge in [0.1, 0.15) is 5.75 Å². The van der Waals surface area contributed by atoms with Crippen molar-refractivity contribution in [1.82, 2.24) is 15.1 Å². The lowest BCUT2D eigenvalue weighted by atomic mass is 9.89. The second-order valence-electron chi connectivity index (χ2n) is 9.96. The molecule has 3 amide bonds. The van der Waals surface area contributed by atoms with Crippen LogP contribution in [0.2, 0.25) is 5.02 Å². The number of rotatable bonds is 8. The SMILES string of the molecule is O=C1CC[C@@H](CN2Cc3c(OCCCN4CCC(c5ccccc5Cl)CC4)cccc3C2=O)C(=O)N1. The molecule has 3 aliphatic rings. The van der Waals surface area contributed by atoms with Gasteiger partial charge in [-0.2, -0.15) is 0 Å². The third-order valence-corrected chi connectivity index (χ3v) is 7.95. The van der Waals surface area contributed by atoms with E-state index in [1.165, 1.54) is 5.56 Å². The van der Waals surface area contributed by atoms with Crippen LogP contribution in [0.4, 0.5) is 0 Å². The first-order chi connectivity index (χ1) is 17.5. The lowest BCUT2D eigenvalue weighted by Gasteiger charge is -2.32. The summed E-state index contributed by atoms with van der Waals surface area (Å²) in [5.41, 5.74) is 2.79. The molecule has 5 rings (SSSR count). The van der Waals surface area contributed by atoms with E-state index in [4.69, 9.17) is 16.3 Å². The number of likely N-dealkylation sites (tertiary alicyclic amines) is 1. The second kappa shape index (κ2) is 11.0. The van der Waals surface area contributed by atoms with E-state index in [1.54, 1.807) is 4.90 Å². The maximum Gasteiger partial charge on any atom is 0.254 e. The fourth-order valence-corrected chi connectivity index (χ4v) is 5.86. The number of piperidine rings is 2. The Morgan fingerprint density at radius 3 is 2.58 bits per heavy atom. The van der Waals surface area contributed by atoms with Crippen molar-refractivity contribution in [2.24, 2.45) is 5.92 Å². The van der Waals surface area contributed by atoms with E-state index in [0.717, 1.165) is 55.2 Å². The summed E-state index contributed by atoms with van der Waals surface area (Å²) in [4.78, 5) is 40.7. The number of nitrogens with zero attached hydrogens (tertiary/aromatic N) is 2. The quantitative estimate of drug-likeness (QED) is 0.430. The number of imide groups is 1. The van der Waals surface area contributed by atoms with Crippen molar-refractivity contribution in [3.63, 3.8) is 0 Å². The highest BCUT2D eigenvalue weighted by molar-refractivity contribution is 6.31. The van der Waals surface area contributed by atoms with Crippen LogP contribution >= 0.6 is 11.6 Å². The Labute approximate surface area is 216 Å². The van der Waals surface area contributed by atoms with Crippen molar-refractivity contribution in [1.29, 1.82) is 0 Å². The molecule has 190 valence electrons. The lowest BCUT2D eigenvalue weighted by molar-refractivity contribution is -0.136. The molecule has 1 atom stereocenters. The van der Waals surface area contributed by atoms with Gasteiger partial charge in [-0.3, -0.25) is 19.7 Å². The van der Waals surface area contributed by atoms with Gasteiger partial charge < -0.3 is 14.5 Å². The zero-order valence-electron chi connectivity index (χ0n) is 20.4. The molecule has 0 spiro atoms. The van der Waals surface area contributed by atoms with Gasteiger partial charge in [0, 0.05) is 35.7 Å². The number of carbonyl (C=O) groups excluding carboxylic acids is 3. The summed E-state index contributed by atoms with van der Waals surface area (Å²) < 4.78 is 6.12.